The summed E-state index contributed by atoms with van der Waals surface area (Å²) in [6.45, 7) is 1.72. The normalized spacial score (nSPS) is 10.6. The maximum atomic E-state index is 5.57. The molecule has 0 amide bonds. The van der Waals surface area contributed by atoms with E-state index in [1.54, 1.807) is 0 Å². The van der Waals surface area contributed by atoms with Gasteiger partial charge in [0.1, 0.15) is 18.9 Å². The van der Waals surface area contributed by atoms with E-state index in [-0.39, 0.29) is 17.0 Å². The van der Waals surface area contributed by atoms with Crippen molar-refractivity contribution in [1.29, 1.82) is 0 Å². The highest BCUT2D eigenvalue weighted by Crippen LogP contribution is 2.12. The Kier molecular flexibility index (Phi) is 5.68. The summed E-state index contributed by atoms with van der Waals surface area (Å²) in [6.07, 6.45) is 0. The van der Waals surface area contributed by atoms with Gasteiger partial charge in [-0.1, -0.05) is 0 Å². The second kappa shape index (κ2) is 5.98. The highest BCUT2D eigenvalue weighted by molar-refractivity contribution is 5.41. The van der Waals surface area contributed by atoms with Crippen molar-refractivity contribution in [2.24, 2.45) is 0 Å². The van der Waals surface area contributed by atoms with Crippen molar-refractivity contribution in [2.45, 2.75) is 0 Å². The molecule has 0 bridgehead atoms. The molecule has 0 fully saturated rings. The first-order chi connectivity index (χ1) is 6.47. The largest absolute Gasteiger partial charge is 1.00 e. The SMILES string of the molecule is C[N+](C)(C)CCOc1ccc(N)cc1.[Br-]. The third-order valence-electron chi connectivity index (χ3n) is 1.91. The molecule has 0 saturated carbocycles. The second-order valence-corrected chi connectivity index (χ2v) is 4.43. The molecule has 1 rings (SSSR count). The quantitative estimate of drug-likeness (QED) is 0.528. The Morgan fingerprint density at radius 1 is 1.13 bits per heavy atom. The molecular formula is C11H19BrN2O. The molecule has 0 radical (unpaired) electrons. The topological polar surface area (TPSA) is 35.2 Å². The van der Waals surface area contributed by atoms with Gasteiger partial charge in [0.2, 0.25) is 0 Å². The van der Waals surface area contributed by atoms with Crippen molar-refractivity contribution >= 4 is 5.69 Å². The first-order valence-electron chi connectivity index (χ1n) is 4.76. The summed E-state index contributed by atoms with van der Waals surface area (Å²) in [7, 11) is 6.44. The molecule has 2 N–H and O–H groups in total. The van der Waals surface area contributed by atoms with Crippen LogP contribution in [-0.2, 0) is 0 Å². The summed E-state index contributed by atoms with van der Waals surface area (Å²) >= 11 is 0. The minimum Gasteiger partial charge on any atom is -1.00 e. The molecule has 15 heavy (non-hydrogen) atoms. The van der Waals surface area contributed by atoms with Gasteiger partial charge >= 0.3 is 0 Å². The number of nitrogen functional groups attached to an aromatic ring is 1. The lowest BCUT2D eigenvalue weighted by atomic mass is 10.3. The Morgan fingerprint density at radius 2 is 1.67 bits per heavy atom. The molecule has 0 aliphatic heterocycles. The van der Waals surface area contributed by atoms with Crippen LogP contribution < -0.4 is 27.5 Å². The Balaban J connectivity index is 0.00000196. The minimum absolute atomic E-state index is 0. The molecule has 0 unspecified atom stereocenters. The van der Waals surface area contributed by atoms with E-state index >= 15 is 0 Å². The summed E-state index contributed by atoms with van der Waals surface area (Å²) in [5.74, 6) is 0.882. The molecular weight excluding hydrogens is 256 g/mol. The van der Waals surface area contributed by atoms with Gasteiger partial charge in [-0.05, 0) is 24.3 Å². The smallest absolute Gasteiger partial charge is 0.137 e. The molecule has 0 spiro atoms. The number of quaternary nitrogens is 1. The van der Waals surface area contributed by atoms with E-state index < -0.39 is 0 Å². The Hall–Kier alpha value is -0.740. The number of rotatable bonds is 4. The number of hydrogen-bond acceptors (Lipinski definition) is 2. The summed E-state index contributed by atoms with van der Waals surface area (Å²) in [5.41, 5.74) is 6.33. The third kappa shape index (κ3) is 6.36. The second-order valence-electron chi connectivity index (χ2n) is 4.43. The fraction of sp³-hybridized carbons (Fsp3) is 0.455. The standard InChI is InChI=1S/C11H19N2O.BrH/c1-13(2,3)8-9-14-11-6-4-10(12)5-7-11;/h4-7H,8-9,12H2,1-3H3;1H/q+1;/p-1. The van der Waals surface area contributed by atoms with Gasteiger partial charge in [0.25, 0.3) is 0 Å². The van der Waals surface area contributed by atoms with Crippen molar-refractivity contribution < 1.29 is 26.2 Å². The van der Waals surface area contributed by atoms with Crippen LogP contribution in [0.3, 0.4) is 0 Å². The third-order valence-corrected chi connectivity index (χ3v) is 1.91. The van der Waals surface area contributed by atoms with Gasteiger partial charge in [0.05, 0.1) is 21.1 Å². The molecule has 86 valence electrons. The summed E-state index contributed by atoms with van der Waals surface area (Å²) in [6, 6.07) is 7.48. The van der Waals surface area contributed by atoms with Crippen LogP contribution in [0.4, 0.5) is 5.69 Å². The highest BCUT2D eigenvalue weighted by atomic mass is 79.9. The van der Waals surface area contributed by atoms with Crippen molar-refractivity contribution in [2.75, 3.05) is 40.0 Å². The van der Waals surface area contributed by atoms with Crippen molar-refractivity contribution in [3.05, 3.63) is 24.3 Å². The molecule has 0 atom stereocenters. The number of nitrogens with two attached hydrogens (primary N) is 1. The lowest BCUT2D eigenvalue weighted by Crippen LogP contribution is -3.00. The highest BCUT2D eigenvalue weighted by Gasteiger charge is 2.06. The molecule has 4 heteroatoms. The fourth-order valence-corrected chi connectivity index (χ4v) is 1.00. The number of ether oxygens (including phenoxy) is 1. The van der Waals surface area contributed by atoms with Crippen LogP contribution in [0.1, 0.15) is 0 Å². The predicted molar refractivity (Wildman–Crippen MR) is 59.2 cm³/mol. The maximum Gasteiger partial charge on any atom is 0.137 e. The van der Waals surface area contributed by atoms with Crippen LogP contribution in [-0.4, -0.2) is 38.8 Å². The Labute approximate surface area is 102 Å². The lowest BCUT2D eigenvalue weighted by Gasteiger charge is -2.23. The molecule has 0 heterocycles. The van der Waals surface area contributed by atoms with Gasteiger partial charge < -0.3 is 31.9 Å². The van der Waals surface area contributed by atoms with E-state index in [1.165, 1.54) is 0 Å². The van der Waals surface area contributed by atoms with Gasteiger partial charge in [-0.2, -0.15) is 0 Å². The van der Waals surface area contributed by atoms with E-state index in [1.807, 2.05) is 24.3 Å². The van der Waals surface area contributed by atoms with Crippen molar-refractivity contribution in [1.82, 2.24) is 0 Å². The molecule has 3 nitrogen and oxygen atoms in total. The van der Waals surface area contributed by atoms with Gasteiger partial charge in [0, 0.05) is 5.69 Å². The zero-order chi connectivity index (χ0) is 10.6. The van der Waals surface area contributed by atoms with E-state index in [2.05, 4.69) is 21.1 Å². The summed E-state index contributed by atoms with van der Waals surface area (Å²) < 4.78 is 6.48. The number of likely N-dealkylation sites (N-methyl/N-ethyl adjacent to an activating group) is 1. The lowest BCUT2D eigenvalue weighted by molar-refractivity contribution is -0.870. The average Bonchev–Trinajstić information content (AvgIpc) is 2.06. The van der Waals surface area contributed by atoms with Crippen LogP contribution >= 0.6 is 0 Å². The van der Waals surface area contributed by atoms with Crippen molar-refractivity contribution in [3.8, 4) is 5.75 Å². The average molecular weight is 275 g/mol. The Bertz CT molecular complexity index is 280. The van der Waals surface area contributed by atoms with Crippen molar-refractivity contribution in [3.63, 3.8) is 0 Å². The fourth-order valence-electron chi connectivity index (χ4n) is 1.00. The monoisotopic (exact) mass is 274 g/mol. The molecule has 0 aliphatic carbocycles. The molecule has 1 aromatic carbocycles. The maximum absolute atomic E-state index is 5.57. The van der Waals surface area contributed by atoms with Crippen LogP contribution in [0.5, 0.6) is 5.75 Å². The van der Waals surface area contributed by atoms with Crippen LogP contribution in [0.2, 0.25) is 0 Å². The van der Waals surface area contributed by atoms with E-state index in [9.17, 15) is 0 Å². The first kappa shape index (κ1) is 14.3. The predicted octanol–water partition coefficient (Wildman–Crippen LogP) is -1.64. The molecule has 0 aliphatic rings. The zero-order valence-corrected chi connectivity index (χ0v) is 11.1. The molecule has 0 saturated heterocycles. The van der Waals surface area contributed by atoms with Gasteiger partial charge in [-0.3, -0.25) is 0 Å². The summed E-state index contributed by atoms with van der Waals surface area (Å²) in [4.78, 5) is 0. The van der Waals surface area contributed by atoms with Crippen LogP contribution in [0, 0.1) is 0 Å². The van der Waals surface area contributed by atoms with E-state index in [0.29, 0.717) is 0 Å². The zero-order valence-electron chi connectivity index (χ0n) is 9.53. The number of anilines is 1. The number of halogens is 1. The van der Waals surface area contributed by atoms with Gasteiger partial charge in [-0.25, -0.2) is 0 Å². The van der Waals surface area contributed by atoms with E-state index in [0.717, 1.165) is 29.1 Å². The number of benzene rings is 1. The number of nitrogens with zero attached hydrogens (tertiary/aromatic N) is 1. The molecule has 0 aromatic heterocycles. The summed E-state index contributed by atoms with van der Waals surface area (Å²) in [5, 5.41) is 0. The Morgan fingerprint density at radius 3 is 2.13 bits per heavy atom. The van der Waals surface area contributed by atoms with Gasteiger partial charge in [-0.15, -0.1) is 0 Å². The first-order valence-corrected chi connectivity index (χ1v) is 4.76. The van der Waals surface area contributed by atoms with Crippen LogP contribution in [0.25, 0.3) is 0 Å². The molecule has 1 aromatic rings. The van der Waals surface area contributed by atoms with Crippen LogP contribution in [0.15, 0.2) is 24.3 Å². The van der Waals surface area contributed by atoms with Gasteiger partial charge in [0.15, 0.2) is 0 Å². The van der Waals surface area contributed by atoms with E-state index in [4.69, 9.17) is 10.5 Å². The minimum atomic E-state index is 0. The number of hydrogen-bond donors (Lipinski definition) is 1.